The molecule has 1 unspecified atom stereocenters. The number of benzene rings is 2. The molecule has 0 saturated carbocycles. The van der Waals surface area contributed by atoms with Gasteiger partial charge in [-0.25, -0.2) is 4.39 Å². The molecule has 7 nitrogen and oxygen atoms in total. The fourth-order valence-corrected chi connectivity index (χ4v) is 3.66. The molecule has 3 aromatic rings. The normalized spacial score (nSPS) is 15.1. The molecule has 2 heterocycles. The van der Waals surface area contributed by atoms with E-state index < -0.39 is 5.92 Å². The minimum absolute atomic E-state index is 0.0102. The van der Waals surface area contributed by atoms with Crippen LogP contribution in [0.5, 0.6) is 17.4 Å². The smallest absolute Gasteiger partial charge is 0.244 e. The highest BCUT2D eigenvalue weighted by Crippen LogP contribution is 2.47. The Kier molecular flexibility index (Phi) is 5.50. The molecule has 3 N–H and O–H groups in total. The van der Waals surface area contributed by atoms with Crippen molar-refractivity contribution in [3.05, 3.63) is 70.9 Å². The summed E-state index contributed by atoms with van der Waals surface area (Å²) in [5.74, 6) is 0.540. The number of nitrogens with one attached hydrogen (secondary N) is 1. The number of aromatic amines is 1. The van der Waals surface area contributed by atoms with Crippen molar-refractivity contribution in [2.45, 2.75) is 19.8 Å². The summed E-state index contributed by atoms with van der Waals surface area (Å²) in [6.45, 7) is 4.73. The summed E-state index contributed by atoms with van der Waals surface area (Å²) >= 11 is 0. The third-order valence-electron chi connectivity index (χ3n) is 4.97. The predicted molar refractivity (Wildman–Crippen MR) is 112 cm³/mol. The van der Waals surface area contributed by atoms with E-state index in [1.54, 1.807) is 12.1 Å². The van der Waals surface area contributed by atoms with Gasteiger partial charge in [0.15, 0.2) is 11.5 Å². The molecule has 0 fully saturated rings. The van der Waals surface area contributed by atoms with Crippen molar-refractivity contribution in [2.24, 2.45) is 5.73 Å². The molecule has 1 aliphatic heterocycles. The highest BCUT2D eigenvalue weighted by molar-refractivity contribution is 5.71. The number of H-pyrrole nitrogens is 1. The maximum atomic E-state index is 13.5. The number of nitrogens with zero attached hydrogens (tertiary/aromatic N) is 2. The molecule has 0 radical (unpaired) electrons. The molecule has 1 atom stereocenters. The molecule has 8 heteroatoms. The summed E-state index contributed by atoms with van der Waals surface area (Å²) in [5.41, 5.74) is 9.03. The van der Waals surface area contributed by atoms with Gasteiger partial charge in [0.05, 0.1) is 30.4 Å². The first-order valence-electron chi connectivity index (χ1n) is 9.88. The lowest BCUT2D eigenvalue weighted by atomic mass is 9.83. The Hall–Kier alpha value is -3.99. The summed E-state index contributed by atoms with van der Waals surface area (Å²) in [7, 11) is 0. The number of allylic oxidation sites excluding steroid dienone is 1. The minimum atomic E-state index is -0.553. The molecule has 0 spiro atoms. The second-order valence-corrected chi connectivity index (χ2v) is 6.82. The Morgan fingerprint density at radius 2 is 1.84 bits per heavy atom. The largest absolute Gasteiger partial charge is 0.490 e. The molecule has 1 aliphatic rings. The number of aromatic nitrogens is 2. The van der Waals surface area contributed by atoms with Crippen LogP contribution in [0.2, 0.25) is 0 Å². The summed E-state index contributed by atoms with van der Waals surface area (Å²) in [6, 6.07) is 13.7. The maximum Gasteiger partial charge on any atom is 0.244 e. The van der Waals surface area contributed by atoms with Gasteiger partial charge in [-0.3, -0.25) is 5.10 Å². The summed E-state index contributed by atoms with van der Waals surface area (Å²) in [4.78, 5) is 0. The molecule has 2 aromatic carbocycles. The summed E-state index contributed by atoms with van der Waals surface area (Å²) in [5, 5.41) is 17.0. The zero-order valence-electron chi connectivity index (χ0n) is 17.1. The van der Waals surface area contributed by atoms with Crippen LogP contribution in [0, 0.1) is 17.1 Å². The molecule has 0 aliphatic carbocycles. The van der Waals surface area contributed by atoms with Gasteiger partial charge >= 0.3 is 0 Å². The zero-order valence-corrected chi connectivity index (χ0v) is 17.1. The van der Waals surface area contributed by atoms with Gasteiger partial charge in [-0.2, -0.15) is 5.26 Å². The molecule has 0 amide bonds. The van der Waals surface area contributed by atoms with E-state index in [0.717, 1.165) is 5.56 Å². The Labute approximate surface area is 178 Å². The Morgan fingerprint density at radius 1 is 1.13 bits per heavy atom. The minimum Gasteiger partial charge on any atom is -0.490 e. The van der Waals surface area contributed by atoms with Crippen LogP contribution in [0.1, 0.15) is 30.9 Å². The zero-order chi connectivity index (χ0) is 22.0. The lowest BCUT2D eigenvalue weighted by Gasteiger charge is -2.25. The summed E-state index contributed by atoms with van der Waals surface area (Å²) in [6.07, 6.45) is 0. The van der Waals surface area contributed by atoms with Gasteiger partial charge in [0, 0.05) is 5.56 Å². The first-order valence-corrected chi connectivity index (χ1v) is 9.88. The van der Waals surface area contributed by atoms with E-state index in [-0.39, 0.29) is 23.2 Å². The molecular formula is C23H21FN4O3. The molecule has 0 saturated heterocycles. The number of fused-ring (bicyclic) bond motifs is 1. The topological polar surface area (TPSA) is 106 Å². The van der Waals surface area contributed by atoms with Gasteiger partial charge < -0.3 is 19.9 Å². The average Bonchev–Trinajstić information content (AvgIpc) is 3.18. The summed E-state index contributed by atoms with van der Waals surface area (Å²) < 4.78 is 30.5. The van der Waals surface area contributed by atoms with Gasteiger partial charge in [0.25, 0.3) is 0 Å². The predicted octanol–water partition coefficient (Wildman–Crippen LogP) is 4.23. The maximum absolute atomic E-state index is 13.5. The first-order chi connectivity index (χ1) is 15.1. The number of ether oxygens (including phenoxy) is 3. The second-order valence-electron chi connectivity index (χ2n) is 6.82. The van der Waals surface area contributed by atoms with Gasteiger partial charge in [-0.05, 0) is 55.8 Å². The molecule has 4 rings (SSSR count). The third kappa shape index (κ3) is 3.66. The third-order valence-corrected chi connectivity index (χ3v) is 4.97. The molecular weight excluding hydrogens is 399 g/mol. The van der Waals surface area contributed by atoms with Crippen LogP contribution in [0.15, 0.2) is 53.9 Å². The van der Waals surface area contributed by atoms with Crippen LogP contribution < -0.4 is 19.9 Å². The Bertz CT molecular complexity index is 1180. The van der Waals surface area contributed by atoms with E-state index in [4.69, 9.17) is 19.9 Å². The van der Waals surface area contributed by atoms with E-state index in [0.29, 0.717) is 41.5 Å². The number of rotatable bonds is 6. The standard InChI is InChI=1S/C23H21FN4O3/c1-3-29-17-10-7-14(11-18(17)30-4-2)19-16(12-25)22(26)31-23-20(19)21(27-28-23)13-5-8-15(24)9-6-13/h5-11,19H,3-4,26H2,1-2H3,(H,27,28). The highest BCUT2D eigenvalue weighted by Gasteiger charge is 2.36. The number of hydrogen-bond donors (Lipinski definition) is 2. The van der Waals surface area contributed by atoms with E-state index in [1.165, 1.54) is 12.1 Å². The van der Waals surface area contributed by atoms with E-state index in [9.17, 15) is 9.65 Å². The number of nitrogens with two attached hydrogens (primary N) is 1. The fourth-order valence-electron chi connectivity index (χ4n) is 3.66. The monoisotopic (exact) mass is 420 g/mol. The van der Waals surface area contributed by atoms with Crippen molar-refractivity contribution < 1.29 is 18.6 Å². The van der Waals surface area contributed by atoms with Crippen molar-refractivity contribution in [1.29, 1.82) is 5.26 Å². The van der Waals surface area contributed by atoms with Crippen molar-refractivity contribution >= 4 is 0 Å². The van der Waals surface area contributed by atoms with Gasteiger partial charge in [0.2, 0.25) is 11.8 Å². The van der Waals surface area contributed by atoms with Crippen molar-refractivity contribution in [2.75, 3.05) is 13.2 Å². The van der Waals surface area contributed by atoms with E-state index in [1.807, 2.05) is 32.0 Å². The SMILES string of the molecule is CCOc1ccc(C2C(C#N)=C(N)Oc3n[nH]c(-c4ccc(F)cc4)c32)cc1OCC. The average molecular weight is 420 g/mol. The lowest BCUT2D eigenvalue weighted by Crippen LogP contribution is -2.21. The lowest BCUT2D eigenvalue weighted by molar-refractivity contribution is 0.287. The fraction of sp³-hybridized carbons (Fsp3) is 0.217. The molecule has 31 heavy (non-hydrogen) atoms. The first kappa shape index (κ1) is 20.3. The van der Waals surface area contributed by atoms with Crippen LogP contribution in [-0.4, -0.2) is 23.4 Å². The van der Waals surface area contributed by atoms with Gasteiger partial charge in [-0.15, -0.1) is 5.10 Å². The highest BCUT2D eigenvalue weighted by atomic mass is 19.1. The molecule has 0 bridgehead atoms. The molecule has 1 aromatic heterocycles. The second kappa shape index (κ2) is 8.40. The Morgan fingerprint density at radius 3 is 2.52 bits per heavy atom. The van der Waals surface area contributed by atoms with Crippen LogP contribution in [0.3, 0.4) is 0 Å². The van der Waals surface area contributed by atoms with Crippen LogP contribution in [-0.2, 0) is 0 Å². The van der Waals surface area contributed by atoms with Crippen molar-refractivity contribution in [3.63, 3.8) is 0 Å². The van der Waals surface area contributed by atoms with Crippen LogP contribution in [0.25, 0.3) is 11.3 Å². The number of nitriles is 1. The van der Waals surface area contributed by atoms with Gasteiger partial charge in [0.1, 0.15) is 17.5 Å². The van der Waals surface area contributed by atoms with Crippen molar-refractivity contribution in [1.82, 2.24) is 10.2 Å². The number of halogens is 1. The quantitative estimate of drug-likeness (QED) is 0.618. The van der Waals surface area contributed by atoms with E-state index in [2.05, 4.69) is 16.3 Å². The van der Waals surface area contributed by atoms with Crippen LogP contribution in [0.4, 0.5) is 4.39 Å². The van der Waals surface area contributed by atoms with Gasteiger partial charge in [-0.1, -0.05) is 6.07 Å². The van der Waals surface area contributed by atoms with E-state index >= 15 is 0 Å². The van der Waals surface area contributed by atoms with Crippen molar-refractivity contribution in [3.8, 4) is 34.7 Å². The Balaban J connectivity index is 1.90. The number of hydrogen-bond acceptors (Lipinski definition) is 6. The molecule has 158 valence electrons. The van der Waals surface area contributed by atoms with Crippen LogP contribution >= 0.6 is 0 Å².